The Bertz CT molecular complexity index is 903. The fourth-order valence-electron chi connectivity index (χ4n) is 3.67. The molecule has 158 valence electrons. The number of nitrogens with one attached hydrogen (secondary N) is 1. The molecule has 0 aliphatic carbocycles. The Hall–Kier alpha value is -1.97. The molecular formula is C20H24F3N3O2S. The SMILES string of the molecule is CS(=O)(=O)NC(c1ccc(CN2CCCC(c3ccccn3)C2)cc1)C(F)(F)F. The van der Waals surface area contributed by atoms with E-state index in [9.17, 15) is 21.6 Å². The van der Waals surface area contributed by atoms with E-state index in [1.54, 1.807) is 23.1 Å². The summed E-state index contributed by atoms with van der Waals surface area (Å²) in [5.41, 5.74) is 1.82. The molecule has 0 saturated carbocycles. The molecule has 1 N–H and O–H groups in total. The Balaban J connectivity index is 1.68. The molecule has 3 rings (SSSR count). The Labute approximate surface area is 169 Å². The highest BCUT2D eigenvalue weighted by Gasteiger charge is 2.42. The summed E-state index contributed by atoms with van der Waals surface area (Å²) in [6.07, 6.45) is -0.110. The Morgan fingerprint density at radius 1 is 1.21 bits per heavy atom. The molecule has 2 heterocycles. The number of nitrogens with zero attached hydrogens (tertiary/aromatic N) is 2. The lowest BCUT2D eigenvalue weighted by Crippen LogP contribution is -2.37. The molecule has 1 fully saturated rings. The van der Waals surface area contributed by atoms with Gasteiger partial charge in [0.05, 0.1) is 6.26 Å². The predicted molar refractivity (Wildman–Crippen MR) is 105 cm³/mol. The average Bonchev–Trinajstić information content (AvgIpc) is 2.66. The molecule has 2 atom stereocenters. The number of piperidine rings is 1. The van der Waals surface area contributed by atoms with E-state index in [1.807, 2.05) is 18.2 Å². The van der Waals surface area contributed by atoms with Crippen LogP contribution in [0, 0.1) is 0 Å². The second-order valence-electron chi connectivity index (χ2n) is 7.44. The summed E-state index contributed by atoms with van der Waals surface area (Å²) >= 11 is 0. The van der Waals surface area contributed by atoms with Gasteiger partial charge in [-0.05, 0) is 42.6 Å². The highest BCUT2D eigenvalue weighted by Crippen LogP contribution is 2.33. The molecule has 2 unspecified atom stereocenters. The van der Waals surface area contributed by atoms with Crippen molar-refractivity contribution in [3.63, 3.8) is 0 Å². The number of sulfonamides is 1. The minimum absolute atomic E-state index is 0.128. The van der Waals surface area contributed by atoms with Crippen molar-refractivity contribution in [3.05, 3.63) is 65.5 Å². The van der Waals surface area contributed by atoms with Crippen molar-refractivity contribution in [2.75, 3.05) is 19.3 Å². The summed E-state index contributed by atoms with van der Waals surface area (Å²) < 4.78 is 64.1. The van der Waals surface area contributed by atoms with Crippen molar-refractivity contribution >= 4 is 10.0 Å². The molecule has 1 saturated heterocycles. The Morgan fingerprint density at radius 3 is 2.52 bits per heavy atom. The van der Waals surface area contributed by atoms with E-state index in [0.29, 0.717) is 18.7 Å². The van der Waals surface area contributed by atoms with Gasteiger partial charge in [-0.1, -0.05) is 30.3 Å². The van der Waals surface area contributed by atoms with Gasteiger partial charge in [0.1, 0.15) is 6.04 Å². The number of halogens is 3. The summed E-state index contributed by atoms with van der Waals surface area (Å²) in [6.45, 7) is 2.39. The predicted octanol–water partition coefficient (Wildman–Crippen LogP) is 3.61. The first-order valence-corrected chi connectivity index (χ1v) is 11.3. The van der Waals surface area contributed by atoms with Crippen LogP contribution in [0.5, 0.6) is 0 Å². The largest absolute Gasteiger partial charge is 0.408 e. The zero-order chi connectivity index (χ0) is 21.1. The number of hydrogen-bond acceptors (Lipinski definition) is 4. The van der Waals surface area contributed by atoms with Gasteiger partial charge in [0.25, 0.3) is 0 Å². The van der Waals surface area contributed by atoms with Gasteiger partial charge in [-0.2, -0.15) is 17.9 Å². The molecule has 0 spiro atoms. The molecule has 5 nitrogen and oxygen atoms in total. The molecular weight excluding hydrogens is 403 g/mol. The minimum atomic E-state index is -4.71. The van der Waals surface area contributed by atoms with Crippen molar-refractivity contribution in [1.29, 1.82) is 0 Å². The molecule has 1 aliphatic rings. The van der Waals surface area contributed by atoms with Gasteiger partial charge < -0.3 is 0 Å². The normalized spacial score (nSPS) is 19.8. The standard InChI is InChI=1S/C20H24F3N3O2S/c1-29(27,28)25-19(20(21,22)23)16-9-7-15(8-10-16)13-26-12-4-5-17(14-26)18-6-2-3-11-24-18/h2-3,6-11,17,19,25H,4-5,12-14H2,1H3. The molecule has 9 heteroatoms. The topological polar surface area (TPSA) is 62.3 Å². The summed E-state index contributed by atoms with van der Waals surface area (Å²) in [6, 6.07) is 9.56. The van der Waals surface area contributed by atoms with E-state index in [4.69, 9.17) is 0 Å². The van der Waals surface area contributed by atoms with Crippen molar-refractivity contribution < 1.29 is 21.6 Å². The lowest BCUT2D eigenvalue weighted by Gasteiger charge is -2.32. The van der Waals surface area contributed by atoms with E-state index in [2.05, 4.69) is 9.88 Å². The van der Waals surface area contributed by atoms with Crippen LogP contribution < -0.4 is 4.72 Å². The van der Waals surface area contributed by atoms with Gasteiger partial charge in [-0.3, -0.25) is 9.88 Å². The van der Waals surface area contributed by atoms with Gasteiger partial charge in [0, 0.05) is 30.9 Å². The zero-order valence-corrected chi connectivity index (χ0v) is 16.9. The van der Waals surface area contributed by atoms with Gasteiger partial charge in [-0.15, -0.1) is 0 Å². The summed E-state index contributed by atoms with van der Waals surface area (Å²) in [5, 5.41) is 0. The number of alkyl halides is 3. The lowest BCUT2D eigenvalue weighted by molar-refractivity contribution is -0.153. The maximum Gasteiger partial charge on any atom is 0.408 e. The number of likely N-dealkylation sites (tertiary alicyclic amines) is 1. The smallest absolute Gasteiger partial charge is 0.298 e. The van der Waals surface area contributed by atoms with Crippen molar-refractivity contribution in [2.45, 2.75) is 37.5 Å². The maximum atomic E-state index is 13.3. The van der Waals surface area contributed by atoms with Crippen LogP contribution in [0.15, 0.2) is 48.7 Å². The number of benzene rings is 1. The molecule has 1 aromatic heterocycles. The van der Waals surface area contributed by atoms with Gasteiger partial charge in [0.2, 0.25) is 10.0 Å². The first-order valence-electron chi connectivity index (χ1n) is 9.38. The zero-order valence-electron chi connectivity index (χ0n) is 16.1. The van der Waals surface area contributed by atoms with Crippen LogP contribution in [0.25, 0.3) is 0 Å². The van der Waals surface area contributed by atoms with E-state index < -0.39 is 22.2 Å². The Morgan fingerprint density at radius 2 is 1.93 bits per heavy atom. The molecule has 29 heavy (non-hydrogen) atoms. The van der Waals surface area contributed by atoms with Crippen LogP contribution in [-0.2, 0) is 16.6 Å². The van der Waals surface area contributed by atoms with Crippen molar-refractivity contribution in [1.82, 2.24) is 14.6 Å². The van der Waals surface area contributed by atoms with E-state index in [0.717, 1.165) is 37.2 Å². The summed E-state index contributed by atoms with van der Waals surface area (Å²) in [5.74, 6) is 0.345. The average molecular weight is 427 g/mol. The number of rotatable bonds is 6. The number of aromatic nitrogens is 1. The van der Waals surface area contributed by atoms with Crippen LogP contribution in [0.4, 0.5) is 13.2 Å². The molecule has 1 aromatic carbocycles. The van der Waals surface area contributed by atoms with Crippen molar-refractivity contribution in [3.8, 4) is 0 Å². The fourth-order valence-corrected chi connectivity index (χ4v) is 4.37. The van der Waals surface area contributed by atoms with Gasteiger partial charge in [0.15, 0.2) is 0 Å². The highest BCUT2D eigenvalue weighted by atomic mass is 32.2. The first-order chi connectivity index (χ1) is 13.6. The fraction of sp³-hybridized carbons (Fsp3) is 0.450. The monoisotopic (exact) mass is 427 g/mol. The van der Waals surface area contributed by atoms with Crippen LogP contribution in [0.3, 0.4) is 0 Å². The molecule has 0 amide bonds. The van der Waals surface area contributed by atoms with Crippen LogP contribution in [0.2, 0.25) is 0 Å². The van der Waals surface area contributed by atoms with E-state index in [1.165, 1.54) is 12.1 Å². The van der Waals surface area contributed by atoms with E-state index >= 15 is 0 Å². The third-order valence-electron chi connectivity index (χ3n) is 4.99. The third-order valence-corrected chi connectivity index (χ3v) is 5.65. The first kappa shape index (κ1) is 21.7. The second kappa shape index (κ2) is 8.81. The van der Waals surface area contributed by atoms with Crippen LogP contribution >= 0.6 is 0 Å². The van der Waals surface area contributed by atoms with Gasteiger partial charge in [-0.25, -0.2) is 8.42 Å². The van der Waals surface area contributed by atoms with Crippen LogP contribution in [-0.4, -0.2) is 43.8 Å². The highest BCUT2D eigenvalue weighted by molar-refractivity contribution is 7.88. The lowest BCUT2D eigenvalue weighted by atomic mass is 9.94. The summed E-state index contributed by atoms with van der Waals surface area (Å²) in [7, 11) is -4.00. The quantitative estimate of drug-likeness (QED) is 0.765. The molecule has 1 aliphatic heterocycles. The third kappa shape index (κ3) is 6.25. The van der Waals surface area contributed by atoms with Crippen molar-refractivity contribution in [2.24, 2.45) is 0 Å². The number of pyridine rings is 1. The van der Waals surface area contributed by atoms with Crippen LogP contribution in [0.1, 0.15) is 41.6 Å². The Kier molecular flexibility index (Phi) is 6.60. The second-order valence-corrected chi connectivity index (χ2v) is 9.22. The minimum Gasteiger partial charge on any atom is -0.298 e. The van der Waals surface area contributed by atoms with Gasteiger partial charge >= 0.3 is 6.18 Å². The molecule has 0 radical (unpaired) electrons. The summed E-state index contributed by atoms with van der Waals surface area (Å²) in [4.78, 5) is 6.71. The van der Waals surface area contributed by atoms with E-state index in [-0.39, 0.29) is 5.56 Å². The molecule has 2 aromatic rings. The number of hydrogen-bond donors (Lipinski definition) is 1. The maximum absolute atomic E-state index is 13.3. The molecule has 0 bridgehead atoms.